The fourth-order valence-corrected chi connectivity index (χ4v) is 4.87. The van der Waals surface area contributed by atoms with E-state index in [1.807, 2.05) is 88.4 Å². The fraction of sp³-hybridized carbons (Fsp3) is 0.387. The van der Waals surface area contributed by atoms with Crippen molar-refractivity contribution in [1.29, 1.82) is 0 Å². The van der Waals surface area contributed by atoms with Crippen molar-refractivity contribution in [3.8, 4) is 0 Å². The minimum absolute atomic E-state index is 0.0574. The lowest BCUT2D eigenvalue weighted by Gasteiger charge is -2.23. The first kappa shape index (κ1) is 33.1. The molecule has 0 aliphatic rings. The largest absolute Gasteiger partial charge is 0.445 e. The monoisotopic (exact) mass is 609 g/mol. The van der Waals surface area contributed by atoms with Gasteiger partial charge in [-0.25, -0.2) is 14.6 Å². The SMILES string of the molecule is CC[C@H](C)[C@H](NC(=O)OCc1ccccc1)C(=O)NNC(=O)c1csc([C@H](CC(C)C)NC(=O)OCc2ccccc2)n1. The predicted molar refractivity (Wildman–Crippen MR) is 163 cm³/mol. The molecule has 0 unspecified atom stereocenters. The molecule has 0 aliphatic carbocycles. The predicted octanol–water partition coefficient (Wildman–Crippen LogP) is 5.26. The van der Waals surface area contributed by atoms with Crippen LogP contribution < -0.4 is 21.5 Å². The first-order valence-corrected chi connectivity index (χ1v) is 15.0. The van der Waals surface area contributed by atoms with Gasteiger partial charge in [0, 0.05) is 5.38 Å². The molecule has 3 aromatic rings. The van der Waals surface area contributed by atoms with Crippen LogP contribution in [0.5, 0.6) is 0 Å². The number of carbonyl (C=O) groups excluding carboxylic acids is 4. The van der Waals surface area contributed by atoms with Crippen LogP contribution in [0.4, 0.5) is 9.59 Å². The third kappa shape index (κ3) is 11.0. The van der Waals surface area contributed by atoms with Gasteiger partial charge < -0.3 is 20.1 Å². The topological polar surface area (TPSA) is 148 Å². The average Bonchev–Trinajstić information content (AvgIpc) is 3.51. The molecule has 1 heterocycles. The lowest BCUT2D eigenvalue weighted by Crippen LogP contribution is -2.54. The molecule has 3 atom stereocenters. The average molecular weight is 610 g/mol. The Morgan fingerprint density at radius 2 is 1.37 bits per heavy atom. The summed E-state index contributed by atoms with van der Waals surface area (Å²) in [6, 6.07) is 17.1. The number of nitrogens with zero attached hydrogens (tertiary/aromatic N) is 1. The van der Waals surface area contributed by atoms with Crippen LogP contribution in [0.1, 0.15) is 73.2 Å². The van der Waals surface area contributed by atoms with Crippen molar-refractivity contribution >= 4 is 35.3 Å². The van der Waals surface area contributed by atoms with Crippen LogP contribution in [-0.2, 0) is 27.5 Å². The lowest BCUT2D eigenvalue weighted by atomic mass is 9.99. The van der Waals surface area contributed by atoms with Gasteiger partial charge in [0.25, 0.3) is 11.8 Å². The molecule has 0 spiro atoms. The van der Waals surface area contributed by atoms with Gasteiger partial charge in [0.2, 0.25) is 0 Å². The maximum Gasteiger partial charge on any atom is 0.408 e. The molecule has 4 N–H and O–H groups in total. The van der Waals surface area contributed by atoms with Crippen molar-refractivity contribution in [1.82, 2.24) is 26.5 Å². The van der Waals surface area contributed by atoms with E-state index in [0.29, 0.717) is 17.8 Å². The summed E-state index contributed by atoms with van der Waals surface area (Å²) in [6.45, 7) is 7.91. The van der Waals surface area contributed by atoms with Crippen LogP contribution >= 0.6 is 11.3 Å². The summed E-state index contributed by atoms with van der Waals surface area (Å²) in [6.07, 6.45) is -0.160. The van der Waals surface area contributed by atoms with Crippen molar-refractivity contribution in [3.05, 3.63) is 87.9 Å². The molecule has 11 nitrogen and oxygen atoms in total. The summed E-state index contributed by atoms with van der Waals surface area (Å²) < 4.78 is 10.6. The number of carbonyl (C=O) groups is 4. The Labute approximate surface area is 255 Å². The summed E-state index contributed by atoms with van der Waals surface area (Å²) in [5.74, 6) is -1.25. The van der Waals surface area contributed by atoms with Crippen molar-refractivity contribution in [2.45, 2.75) is 65.8 Å². The number of ether oxygens (including phenoxy) is 2. The number of amides is 4. The van der Waals surface area contributed by atoms with Crippen LogP contribution in [-0.4, -0.2) is 35.0 Å². The van der Waals surface area contributed by atoms with E-state index in [1.165, 1.54) is 11.3 Å². The van der Waals surface area contributed by atoms with Crippen molar-refractivity contribution in [2.75, 3.05) is 0 Å². The second-order valence-electron chi connectivity index (χ2n) is 10.5. The van der Waals surface area contributed by atoms with E-state index >= 15 is 0 Å². The summed E-state index contributed by atoms with van der Waals surface area (Å²) in [4.78, 5) is 55.1. The molecule has 1 aromatic heterocycles. The zero-order chi connectivity index (χ0) is 31.2. The third-order valence-electron chi connectivity index (χ3n) is 6.55. The van der Waals surface area contributed by atoms with Gasteiger partial charge in [-0.05, 0) is 29.4 Å². The van der Waals surface area contributed by atoms with Crippen LogP contribution in [0.3, 0.4) is 0 Å². The standard InChI is InChI=1S/C31H39N5O6S/c1-5-21(4)26(34-31(40)42-18-23-14-10-7-11-15-23)28(38)36-35-27(37)25-19-43-29(32-25)24(16-20(2)3)33-30(39)41-17-22-12-8-6-9-13-22/h6-15,19-21,24,26H,5,16-18H2,1-4H3,(H,33,39)(H,34,40)(H,35,37)(H,36,38)/t21-,24-,26-/m0/s1. The molecule has 3 rings (SSSR count). The second kappa shape index (κ2) is 16.9. The minimum Gasteiger partial charge on any atom is -0.445 e. The Balaban J connectivity index is 1.55. The van der Waals surface area contributed by atoms with Gasteiger partial charge in [-0.1, -0.05) is 94.8 Å². The maximum atomic E-state index is 12.9. The highest BCUT2D eigenvalue weighted by atomic mass is 32.1. The van der Waals surface area contributed by atoms with E-state index in [2.05, 4.69) is 26.5 Å². The highest BCUT2D eigenvalue weighted by Crippen LogP contribution is 2.25. The molecule has 0 saturated carbocycles. The number of aromatic nitrogens is 1. The highest BCUT2D eigenvalue weighted by molar-refractivity contribution is 7.09. The molecular weight excluding hydrogens is 570 g/mol. The maximum absolute atomic E-state index is 12.9. The van der Waals surface area contributed by atoms with E-state index in [4.69, 9.17) is 9.47 Å². The van der Waals surface area contributed by atoms with Gasteiger partial charge in [0.05, 0.1) is 6.04 Å². The number of hydrogen-bond acceptors (Lipinski definition) is 8. The number of hydrogen-bond donors (Lipinski definition) is 4. The van der Waals surface area contributed by atoms with E-state index in [-0.39, 0.29) is 30.7 Å². The Morgan fingerprint density at radius 3 is 1.91 bits per heavy atom. The van der Waals surface area contributed by atoms with E-state index < -0.39 is 36.1 Å². The molecule has 0 fully saturated rings. The van der Waals surface area contributed by atoms with Gasteiger partial charge >= 0.3 is 12.2 Å². The Hall–Kier alpha value is -4.45. The first-order valence-electron chi connectivity index (χ1n) is 14.2. The molecule has 0 bridgehead atoms. The van der Waals surface area contributed by atoms with E-state index in [1.54, 1.807) is 5.38 Å². The van der Waals surface area contributed by atoms with E-state index in [9.17, 15) is 19.2 Å². The number of hydrazine groups is 1. The number of nitrogens with one attached hydrogen (secondary N) is 4. The molecule has 12 heteroatoms. The lowest BCUT2D eigenvalue weighted by molar-refractivity contribution is -0.125. The van der Waals surface area contributed by atoms with Crippen molar-refractivity contribution in [2.24, 2.45) is 11.8 Å². The van der Waals surface area contributed by atoms with Crippen molar-refractivity contribution < 1.29 is 28.7 Å². The third-order valence-corrected chi connectivity index (χ3v) is 7.50. The number of benzene rings is 2. The molecule has 4 amide bonds. The Bertz CT molecular complexity index is 1330. The van der Waals surface area contributed by atoms with Crippen LogP contribution in [0.15, 0.2) is 66.0 Å². The Morgan fingerprint density at radius 1 is 0.814 bits per heavy atom. The zero-order valence-electron chi connectivity index (χ0n) is 24.8. The molecule has 230 valence electrons. The van der Waals surface area contributed by atoms with Crippen LogP contribution in [0, 0.1) is 11.8 Å². The number of alkyl carbamates (subject to hydrolysis) is 2. The van der Waals surface area contributed by atoms with Crippen molar-refractivity contribution in [3.63, 3.8) is 0 Å². The van der Waals surface area contributed by atoms with Gasteiger partial charge in [0.15, 0.2) is 0 Å². The summed E-state index contributed by atoms with van der Waals surface area (Å²) >= 11 is 1.22. The van der Waals surface area contributed by atoms with Crippen LogP contribution in [0.25, 0.3) is 0 Å². The molecule has 2 aromatic carbocycles. The molecule has 0 radical (unpaired) electrons. The van der Waals surface area contributed by atoms with Gasteiger partial charge in [-0.3, -0.25) is 20.4 Å². The molecule has 43 heavy (non-hydrogen) atoms. The zero-order valence-corrected chi connectivity index (χ0v) is 25.6. The molecule has 0 saturated heterocycles. The fourth-order valence-electron chi connectivity index (χ4n) is 4.01. The summed E-state index contributed by atoms with van der Waals surface area (Å²) in [5, 5.41) is 7.51. The number of rotatable bonds is 13. The number of thiazole rings is 1. The van der Waals surface area contributed by atoms with Gasteiger partial charge in [0.1, 0.15) is 30.0 Å². The van der Waals surface area contributed by atoms with E-state index in [0.717, 1.165) is 11.1 Å². The smallest absolute Gasteiger partial charge is 0.408 e. The normalized spacial score (nSPS) is 12.9. The van der Waals surface area contributed by atoms with Gasteiger partial charge in [-0.2, -0.15) is 0 Å². The minimum atomic E-state index is -0.943. The summed E-state index contributed by atoms with van der Waals surface area (Å²) in [5.41, 5.74) is 6.49. The highest BCUT2D eigenvalue weighted by Gasteiger charge is 2.28. The van der Waals surface area contributed by atoms with Crippen LogP contribution in [0.2, 0.25) is 0 Å². The summed E-state index contributed by atoms with van der Waals surface area (Å²) in [7, 11) is 0. The quantitative estimate of drug-likeness (QED) is 0.193. The van der Waals surface area contributed by atoms with Gasteiger partial charge in [-0.15, -0.1) is 11.3 Å². The molecule has 0 aliphatic heterocycles. The first-order chi connectivity index (χ1) is 20.7. The Kier molecular flexibility index (Phi) is 13.0. The molecular formula is C31H39N5O6S. The second-order valence-corrected chi connectivity index (χ2v) is 11.4.